The number of nitrogens with zero attached hydrogens (tertiary/aromatic N) is 3. The van der Waals surface area contributed by atoms with Gasteiger partial charge in [0.2, 0.25) is 5.91 Å². The molecule has 0 saturated heterocycles. The van der Waals surface area contributed by atoms with Gasteiger partial charge in [-0.15, -0.1) is 10.2 Å². The summed E-state index contributed by atoms with van der Waals surface area (Å²) in [5, 5.41) is 8.81. The number of benzene rings is 2. The lowest BCUT2D eigenvalue weighted by molar-refractivity contribution is -0.117. The second kappa shape index (κ2) is 7.40. The van der Waals surface area contributed by atoms with Crippen LogP contribution in [0.1, 0.15) is 6.92 Å². The largest absolute Gasteiger partial charge is 0.497 e. The van der Waals surface area contributed by atoms with Gasteiger partial charge in [0.1, 0.15) is 5.75 Å². The summed E-state index contributed by atoms with van der Waals surface area (Å²) in [5.41, 5.74) is 7.20. The molecule has 0 radical (unpaired) electrons. The molecule has 0 bridgehead atoms. The standard InChI is InChI=1S/C18H18N4O2S/c1-12(16(19)23)25-18-21-20-17(13-8-10-15(24-2)11-9-13)22(18)14-6-4-3-5-7-14/h3-12H,1-2H3,(H2,19,23)/t12-/m0/s1. The first-order valence-electron chi connectivity index (χ1n) is 7.71. The molecule has 0 saturated carbocycles. The lowest BCUT2D eigenvalue weighted by atomic mass is 10.2. The zero-order valence-electron chi connectivity index (χ0n) is 13.9. The minimum atomic E-state index is -0.407. The first kappa shape index (κ1) is 17.0. The van der Waals surface area contributed by atoms with Crippen molar-refractivity contribution in [3.63, 3.8) is 0 Å². The van der Waals surface area contributed by atoms with Crippen molar-refractivity contribution in [3.05, 3.63) is 54.6 Å². The number of aromatic nitrogens is 3. The smallest absolute Gasteiger partial charge is 0.230 e. The van der Waals surface area contributed by atoms with Crippen LogP contribution >= 0.6 is 11.8 Å². The first-order chi connectivity index (χ1) is 12.1. The molecule has 0 aliphatic rings. The first-order valence-corrected chi connectivity index (χ1v) is 8.59. The Hall–Kier alpha value is -2.80. The normalized spacial score (nSPS) is 11.9. The Morgan fingerprint density at radius 1 is 1.12 bits per heavy atom. The Bertz CT molecular complexity index is 863. The van der Waals surface area contributed by atoms with Crippen molar-refractivity contribution in [2.75, 3.05) is 7.11 Å². The summed E-state index contributed by atoms with van der Waals surface area (Å²) in [6.45, 7) is 1.75. The highest BCUT2D eigenvalue weighted by molar-refractivity contribution is 8.00. The van der Waals surface area contributed by atoms with Crippen LogP contribution in [-0.4, -0.2) is 33.0 Å². The van der Waals surface area contributed by atoms with Gasteiger partial charge >= 0.3 is 0 Å². The number of rotatable bonds is 6. The number of primary amides is 1. The van der Waals surface area contributed by atoms with Gasteiger partial charge in [0.15, 0.2) is 11.0 Å². The molecule has 2 N–H and O–H groups in total. The average molecular weight is 354 g/mol. The highest BCUT2D eigenvalue weighted by Crippen LogP contribution is 2.30. The van der Waals surface area contributed by atoms with Gasteiger partial charge in [0.25, 0.3) is 0 Å². The highest BCUT2D eigenvalue weighted by atomic mass is 32.2. The summed E-state index contributed by atoms with van der Waals surface area (Å²) in [7, 11) is 1.63. The van der Waals surface area contributed by atoms with Gasteiger partial charge < -0.3 is 10.5 Å². The van der Waals surface area contributed by atoms with Gasteiger partial charge in [-0.25, -0.2) is 0 Å². The molecule has 0 aliphatic heterocycles. The van der Waals surface area contributed by atoms with E-state index in [1.54, 1.807) is 14.0 Å². The third-order valence-electron chi connectivity index (χ3n) is 3.68. The van der Waals surface area contributed by atoms with E-state index in [4.69, 9.17) is 10.5 Å². The van der Waals surface area contributed by atoms with E-state index in [2.05, 4.69) is 10.2 Å². The number of hydrogen-bond donors (Lipinski definition) is 1. The van der Waals surface area contributed by atoms with Gasteiger partial charge in [0.05, 0.1) is 12.4 Å². The molecule has 2 aromatic carbocycles. The van der Waals surface area contributed by atoms with Crippen LogP contribution in [0.4, 0.5) is 0 Å². The van der Waals surface area contributed by atoms with Crippen LogP contribution in [0.3, 0.4) is 0 Å². The Labute approximate surface area is 150 Å². The van der Waals surface area contributed by atoms with E-state index in [1.807, 2.05) is 59.2 Å². The minimum absolute atomic E-state index is 0.390. The molecule has 25 heavy (non-hydrogen) atoms. The molecular weight excluding hydrogens is 336 g/mol. The van der Waals surface area contributed by atoms with E-state index >= 15 is 0 Å². The number of hydrogen-bond acceptors (Lipinski definition) is 5. The SMILES string of the molecule is COc1ccc(-c2nnc(S[C@@H](C)C(N)=O)n2-c2ccccc2)cc1. The summed E-state index contributed by atoms with van der Waals surface area (Å²) >= 11 is 1.29. The van der Waals surface area contributed by atoms with E-state index < -0.39 is 11.2 Å². The average Bonchev–Trinajstić information content (AvgIpc) is 3.06. The van der Waals surface area contributed by atoms with Crippen molar-refractivity contribution in [2.45, 2.75) is 17.3 Å². The summed E-state index contributed by atoms with van der Waals surface area (Å²) < 4.78 is 7.13. The predicted octanol–water partition coefficient (Wildman–Crippen LogP) is 2.91. The van der Waals surface area contributed by atoms with Crippen molar-refractivity contribution in [2.24, 2.45) is 5.73 Å². The number of nitrogens with two attached hydrogens (primary N) is 1. The Morgan fingerprint density at radius 2 is 1.80 bits per heavy atom. The topological polar surface area (TPSA) is 83.0 Å². The fourth-order valence-electron chi connectivity index (χ4n) is 2.30. The van der Waals surface area contributed by atoms with E-state index in [9.17, 15) is 4.79 Å². The number of carbonyl (C=O) groups excluding carboxylic acids is 1. The molecule has 3 rings (SSSR count). The van der Waals surface area contributed by atoms with Crippen molar-refractivity contribution in [3.8, 4) is 22.8 Å². The molecular formula is C18H18N4O2S. The number of amides is 1. The molecule has 0 aliphatic carbocycles. The van der Waals surface area contributed by atoms with E-state index in [0.717, 1.165) is 17.0 Å². The van der Waals surface area contributed by atoms with Gasteiger partial charge in [-0.05, 0) is 43.3 Å². The second-order valence-corrected chi connectivity index (χ2v) is 6.68. The molecule has 7 heteroatoms. The number of para-hydroxylation sites is 1. The van der Waals surface area contributed by atoms with Gasteiger partial charge in [0, 0.05) is 11.3 Å². The molecule has 1 heterocycles. The molecule has 1 amide bonds. The molecule has 3 aromatic rings. The van der Waals surface area contributed by atoms with E-state index in [1.165, 1.54) is 11.8 Å². The maximum atomic E-state index is 11.4. The quantitative estimate of drug-likeness (QED) is 0.688. The van der Waals surface area contributed by atoms with Crippen LogP contribution in [0.2, 0.25) is 0 Å². The molecule has 6 nitrogen and oxygen atoms in total. The maximum absolute atomic E-state index is 11.4. The van der Waals surface area contributed by atoms with Crippen molar-refractivity contribution in [1.29, 1.82) is 0 Å². The lowest BCUT2D eigenvalue weighted by Gasteiger charge is -2.12. The molecule has 0 unspecified atom stereocenters. The van der Waals surface area contributed by atoms with Crippen LogP contribution in [0.15, 0.2) is 59.8 Å². The summed E-state index contributed by atoms with van der Waals surface area (Å²) in [5.74, 6) is 1.07. The molecule has 1 atom stereocenters. The van der Waals surface area contributed by atoms with Crippen LogP contribution in [-0.2, 0) is 4.79 Å². The van der Waals surface area contributed by atoms with Gasteiger partial charge in [-0.2, -0.15) is 0 Å². The number of methoxy groups -OCH3 is 1. The Morgan fingerprint density at radius 3 is 2.40 bits per heavy atom. The zero-order chi connectivity index (χ0) is 17.8. The summed E-state index contributed by atoms with van der Waals surface area (Å²) in [6, 6.07) is 17.4. The predicted molar refractivity (Wildman–Crippen MR) is 97.9 cm³/mol. The Kier molecular flexibility index (Phi) is 5.04. The van der Waals surface area contributed by atoms with Crippen LogP contribution in [0, 0.1) is 0 Å². The summed E-state index contributed by atoms with van der Waals surface area (Å²) in [4.78, 5) is 11.4. The molecule has 1 aromatic heterocycles. The summed E-state index contributed by atoms with van der Waals surface area (Å²) in [6.07, 6.45) is 0. The third kappa shape index (κ3) is 3.66. The monoisotopic (exact) mass is 354 g/mol. The van der Waals surface area contributed by atoms with E-state index in [0.29, 0.717) is 11.0 Å². The number of thioether (sulfide) groups is 1. The fraction of sp³-hybridized carbons (Fsp3) is 0.167. The fourth-order valence-corrected chi connectivity index (χ4v) is 3.12. The van der Waals surface area contributed by atoms with Gasteiger partial charge in [-0.1, -0.05) is 30.0 Å². The molecule has 0 spiro atoms. The van der Waals surface area contributed by atoms with Gasteiger partial charge in [-0.3, -0.25) is 9.36 Å². The van der Waals surface area contributed by atoms with Crippen molar-refractivity contribution < 1.29 is 9.53 Å². The second-order valence-electron chi connectivity index (χ2n) is 5.37. The number of carbonyl (C=O) groups is 1. The Balaban J connectivity index is 2.08. The van der Waals surface area contributed by atoms with Crippen LogP contribution in [0.5, 0.6) is 5.75 Å². The van der Waals surface area contributed by atoms with Crippen molar-refractivity contribution >= 4 is 17.7 Å². The maximum Gasteiger partial charge on any atom is 0.230 e. The van der Waals surface area contributed by atoms with Crippen LogP contribution in [0.25, 0.3) is 17.1 Å². The van der Waals surface area contributed by atoms with Crippen LogP contribution < -0.4 is 10.5 Å². The highest BCUT2D eigenvalue weighted by Gasteiger charge is 2.20. The lowest BCUT2D eigenvalue weighted by Crippen LogP contribution is -2.23. The molecule has 0 fully saturated rings. The number of ether oxygens (including phenoxy) is 1. The van der Waals surface area contributed by atoms with E-state index in [-0.39, 0.29) is 0 Å². The minimum Gasteiger partial charge on any atom is -0.497 e. The van der Waals surface area contributed by atoms with Crippen molar-refractivity contribution in [1.82, 2.24) is 14.8 Å². The zero-order valence-corrected chi connectivity index (χ0v) is 14.7. The molecule has 128 valence electrons. The third-order valence-corrected chi connectivity index (χ3v) is 4.74.